The fourth-order valence-electron chi connectivity index (χ4n) is 0.913. The van der Waals surface area contributed by atoms with E-state index < -0.39 is 5.97 Å². The summed E-state index contributed by atoms with van der Waals surface area (Å²) in [5.41, 5.74) is 0.784. The third kappa shape index (κ3) is 1.80. The van der Waals surface area contributed by atoms with E-state index in [-0.39, 0.29) is 5.56 Å². The molecule has 1 N–H and O–H groups in total. The molecule has 0 aliphatic rings. The molecule has 0 aliphatic carbocycles. The molecule has 0 bridgehead atoms. The van der Waals surface area contributed by atoms with Crippen LogP contribution in [0.5, 0.6) is 5.88 Å². The average molecular weight is 246 g/mol. The number of rotatable bonds is 2. The topological polar surface area (TPSA) is 59.4 Å². The minimum absolute atomic E-state index is 0.174. The van der Waals surface area contributed by atoms with Crippen LogP contribution in [0.1, 0.15) is 15.9 Å². The van der Waals surface area contributed by atoms with Gasteiger partial charge in [-0.1, -0.05) is 0 Å². The van der Waals surface area contributed by atoms with E-state index in [1.165, 1.54) is 13.3 Å². The van der Waals surface area contributed by atoms with Gasteiger partial charge in [-0.3, -0.25) is 0 Å². The monoisotopic (exact) mass is 245 g/mol. The van der Waals surface area contributed by atoms with Crippen molar-refractivity contribution in [2.45, 2.75) is 6.92 Å². The third-order valence-electron chi connectivity index (χ3n) is 1.66. The lowest BCUT2D eigenvalue weighted by Gasteiger charge is -2.06. The van der Waals surface area contributed by atoms with Crippen LogP contribution in [0.4, 0.5) is 0 Å². The van der Waals surface area contributed by atoms with Crippen molar-refractivity contribution in [2.24, 2.45) is 0 Å². The number of hydrogen-bond acceptors (Lipinski definition) is 3. The molecule has 70 valence electrons. The first-order valence-corrected chi connectivity index (χ1v) is 4.29. The molecule has 0 amide bonds. The average Bonchev–Trinajstić information content (AvgIpc) is 2.09. The zero-order chi connectivity index (χ0) is 10.0. The van der Waals surface area contributed by atoms with Gasteiger partial charge in [-0.25, -0.2) is 9.78 Å². The molecule has 1 rings (SSSR count). The van der Waals surface area contributed by atoms with E-state index in [0.717, 1.165) is 0 Å². The Morgan fingerprint density at radius 2 is 2.31 bits per heavy atom. The second-order valence-electron chi connectivity index (χ2n) is 2.43. The largest absolute Gasteiger partial charge is 0.480 e. The summed E-state index contributed by atoms with van der Waals surface area (Å²) in [7, 11) is 1.48. The number of pyridine rings is 1. The van der Waals surface area contributed by atoms with Crippen LogP contribution in [0.25, 0.3) is 0 Å². The zero-order valence-corrected chi connectivity index (χ0v) is 8.75. The van der Waals surface area contributed by atoms with E-state index in [1.807, 2.05) is 0 Å². The minimum atomic E-state index is -0.992. The van der Waals surface area contributed by atoms with E-state index in [0.29, 0.717) is 15.9 Å². The molecule has 5 heteroatoms. The number of hydrogen-bond donors (Lipinski definition) is 1. The molecular weight excluding hydrogens is 238 g/mol. The van der Waals surface area contributed by atoms with E-state index in [4.69, 9.17) is 9.84 Å². The molecule has 0 aromatic carbocycles. The maximum Gasteiger partial charge on any atom is 0.337 e. The molecule has 4 nitrogen and oxygen atoms in total. The standard InChI is InChI=1S/C8H8BrNO3/c1-4-5(8(11)12)3-10-7(13-2)6(4)9/h3H,1-2H3,(H,11,12). The van der Waals surface area contributed by atoms with Crippen LogP contribution < -0.4 is 4.74 Å². The Labute approximate surface area is 83.7 Å². The lowest BCUT2D eigenvalue weighted by atomic mass is 10.2. The van der Waals surface area contributed by atoms with Crippen LogP contribution in [0, 0.1) is 6.92 Å². The summed E-state index contributed by atoms with van der Waals surface area (Å²) in [5.74, 6) is -0.601. The van der Waals surface area contributed by atoms with Crippen LogP contribution in [-0.2, 0) is 0 Å². The van der Waals surface area contributed by atoms with E-state index in [1.54, 1.807) is 6.92 Å². The number of aromatic carboxylic acids is 1. The molecule has 13 heavy (non-hydrogen) atoms. The van der Waals surface area contributed by atoms with Gasteiger partial charge in [0.05, 0.1) is 17.1 Å². The predicted octanol–water partition coefficient (Wildman–Crippen LogP) is 1.86. The van der Waals surface area contributed by atoms with Gasteiger partial charge in [0, 0.05) is 6.20 Å². The van der Waals surface area contributed by atoms with Crippen molar-refractivity contribution in [1.82, 2.24) is 4.98 Å². The zero-order valence-electron chi connectivity index (χ0n) is 7.17. The van der Waals surface area contributed by atoms with Crippen molar-refractivity contribution in [2.75, 3.05) is 7.11 Å². The Morgan fingerprint density at radius 1 is 1.69 bits per heavy atom. The Hall–Kier alpha value is -1.10. The van der Waals surface area contributed by atoms with Crippen molar-refractivity contribution in [3.05, 3.63) is 21.8 Å². The van der Waals surface area contributed by atoms with E-state index >= 15 is 0 Å². The molecule has 0 aliphatic heterocycles. The number of carboxylic acids is 1. The Kier molecular flexibility index (Phi) is 2.87. The predicted molar refractivity (Wildman–Crippen MR) is 50.2 cm³/mol. The number of nitrogens with zero attached hydrogens (tertiary/aromatic N) is 1. The molecule has 1 aromatic heterocycles. The first-order chi connectivity index (χ1) is 6.07. The normalized spacial score (nSPS) is 9.77. The summed E-state index contributed by atoms with van der Waals surface area (Å²) in [6.45, 7) is 1.69. The lowest BCUT2D eigenvalue weighted by Crippen LogP contribution is -2.02. The summed E-state index contributed by atoms with van der Waals surface area (Å²) in [4.78, 5) is 14.5. The summed E-state index contributed by atoms with van der Waals surface area (Å²) < 4.78 is 5.49. The second-order valence-corrected chi connectivity index (χ2v) is 3.22. The highest BCUT2D eigenvalue weighted by Crippen LogP contribution is 2.27. The SMILES string of the molecule is COc1ncc(C(=O)O)c(C)c1Br. The Bertz CT molecular complexity index is 351. The first kappa shape index (κ1) is 9.98. The number of ether oxygens (including phenoxy) is 1. The summed E-state index contributed by atoms with van der Waals surface area (Å²) in [6.07, 6.45) is 1.28. The van der Waals surface area contributed by atoms with Gasteiger partial charge in [-0.15, -0.1) is 0 Å². The van der Waals surface area contributed by atoms with Gasteiger partial charge in [-0.2, -0.15) is 0 Å². The second kappa shape index (κ2) is 3.74. The Balaban J connectivity index is 3.31. The molecule has 0 unspecified atom stereocenters. The number of methoxy groups -OCH3 is 1. The number of carboxylic acid groups (broad SMARTS) is 1. The van der Waals surface area contributed by atoms with Gasteiger partial charge in [-0.05, 0) is 28.4 Å². The Morgan fingerprint density at radius 3 is 2.77 bits per heavy atom. The molecule has 0 atom stereocenters. The molecular formula is C8H8BrNO3. The van der Waals surface area contributed by atoms with Gasteiger partial charge in [0.15, 0.2) is 0 Å². The fraction of sp³-hybridized carbons (Fsp3) is 0.250. The molecule has 0 radical (unpaired) electrons. The van der Waals surface area contributed by atoms with Crippen molar-refractivity contribution in [3.8, 4) is 5.88 Å². The van der Waals surface area contributed by atoms with Gasteiger partial charge >= 0.3 is 5.97 Å². The van der Waals surface area contributed by atoms with Crippen LogP contribution >= 0.6 is 15.9 Å². The van der Waals surface area contributed by atoms with Gasteiger partial charge in [0.25, 0.3) is 0 Å². The smallest absolute Gasteiger partial charge is 0.337 e. The minimum Gasteiger partial charge on any atom is -0.480 e. The summed E-state index contributed by atoms with van der Waals surface area (Å²) >= 11 is 3.21. The highest BCUT2D eigenvalue weighted by Gasteiger charge is 2.13. The van der Waals surface area contributed by atoms with E-state index in [9.17, 15) is 4.79 Å². The highest BCUT2D eigenvalue weighted by atomic mass is 79.9. The molecule has 0 saturated carbocycles. The van der Waals surface area contributed by atoms with Crippen molar-refractivity contribution in [3.63, 3.8) is 0 Å². The molecule has 0 spiro atoms. The highest BCUT2D eigenvalue weighted by molar-refractivity contribution is 9.10. The molecule has 1 aromatic rings. The quantitative estimate of drug-likeness (QED) is 0.865. The molecule has 1 heterocycles. The van der Waals surface area contributed by atoms with Crippen LogP contribution in [-0.4, -0.2) is 23.2 Å². The van der Waals surface area contributed by atoms with E-state index in [2.05, 4.69) is 20.9 Å². The first-order valence-electron chi connectivity index (χ1n) is 3.50. The molecule has 0 fully saturated rings. The van der Waals surface area contributed by atoms with Gasteiger partial charge < -0.3 is 9.84 Å². The fourth-order valence-corrected chi connectivity index (χ4v) is 1.39. The molecule has 0 saturated heterocycles. The number of halogens is 1. The van der Waals surface area contributed by atoms with Crippen molar-refractivity contribution >= 4 is 21.9 Å². The van der Waals surface area contributed by atoms with Gasteiger partial charge in [0.1, 0.15) is 0 Å². The number of carbonyl (C=O) groups is 1. The summed E-state index contributed by atoms with van der Waals surface area (Å²) in [5, 5.41) is 8.75. The van der Waals surface area contributed by atoms with Crippen LogP contribution in [0.15, 0.2) is 10.7 Å². The maximum atomic E-state index is 10.7. The van der Waals surface area contributed by atoms with Crippen molar-refractivity contribution < 1.29 is 14.6 Å². The van der Waals surface area contributed by atoms with Crippen LogP contribution in [0.2, 0.25) is 0 Å². The number of aromatic nitrogens is 1. The lowest BCUT2D eigenvalue weighted by molar-refractivity contribution is 0.0695. The third-order valence-corrected chi connectivity index (χ3v) is 2.59. The summed E-state index contributed by atoms with van der Waals surface area (Å²) in [6, 6.07) is 0. The van der Waals surface area contributed by atoms with Crippen LogP contribution in [0.3, 0.4) is 0 Å². The maximum absolute atomic E-state index is 10.7. The van der Waals surface area contributed by atoms with Crippen molar-refractivity contribution in [1.29, 1.82) is 0 Å². The van der Waals surface area contributed by atoms with Gasteiger partial charge in [0.2, 0.25) is 5.88 Å².